The molecule has 1 N–H and O–H groups in total. The lowest BCUT2D eigenvalue weighted by atomic mass is 10.2. The summed E-state index contributed by atoms with van der Waals surface area (Å²) in [6.07, 6.45) is 7.56. The zero-order chi connectivity index (χ0) is 15.5. The first-order chi connectivity index (χ1) is 10.7. The second-order valence-corrected chi connectivity index (χ2v) is 6.25. The normalized spacial score (nSPS) is 10.6. The van der Waals surface area contributed by atoms with Gasteiger partial charge in [-0.3, -0.25) is 0 Å². The van der Waals surface area contributed by atoms with E-state index in [0.717, 1.165) is 22.2 Å². The minimum Gasteiger partial charge on any atom is -0.381 e. The molecule has 0 saturated heterocycles. The number of anilines is 1. The van der Waals surface area contributed by atoms with Crippen molar-refractivity contribution in [3.05, 3.63) is 63.7 Å². The van der Waals surface area contributed by atoms with Crippen molar-refractivity contribution in [2.24, 2.45) is 0 Å². The van der Waals surface area contributed by atoms with Crippen LogP contribution in [0.15, 0.2) is 53.1 Å². The summed E-state index contributed by atoms with van der Waals surface area (Å²) in [5.74, 6) is 2.70. The van der Waals surface area contributed by atoms with Crippen LogP contribution in [0.3, 0.4) is 0 Å². The van der Waals surface area contributed by atoms with Gasteiger partial charge in [0.05, 0.1) is 11.6 Å². The fourth-order valence-electron chi connectivity index (χ4n) is 2.50. The molecule has 3 aromatic rings. The molecule has 0 unspecified atom stereocenters. The molecular weight excluding hydrogens is 360 g/mol. The molecule has 0 fully saturated rings. The Kier molecular flexibility index (Phi) is 4.42. The fourth-order valence-corrected chi connectivity index (χ4v) is 2.92. The first-order valence-corrected chi connectivity index (χ1v) is 8.05. The summed E-state index contributed by atoms with van der Waals surface area (Å²) in [5, 5.41) is 5.32. The third-order valence-corrected chi connectivity index (χ3v) is 4.77. The summed E-state index contributed by atoms with van der Waals surface area (Å²) < 4.78 is 2.99. The molecule has 4 heteroatoms. The highest BCUT2D eigenvalue weighted by atomic mass is 79.9. The second-order valence-electron chi connectivity index (χ2n) is 4.99. The Morgan fingerprint density at radius 3 is 2.82 bits per heavy atom. The first kappa shape index (κ1) is 15.0. The molecule has 0 bridgehead atoms. The predicted octanol–water partition coefficient (Wildman–Crippen LogP) is 5.30. The molecule has 22 heavy (non-hydrogen) atoms. The maximum absolute atomic E-state index is 6.12. The van der Waals surface area contributed by atoms with Gasteiger partial charge >= 0.3 is 0 Å². The van der Waals surface area contributed by atoms with E-state index in [1.165, 1.54) is 10.9 Å². The van der Waals surface area contributed by atoms with Crippen molar-refractivity contribution in [1.82, 2.24) is 4.57 Å². The van der Waals surface area contributed by atoms with Crippen LogP contribution in [0.2, 0.25) is 5.02 Å². The summed E-state index contributed by atoms with van der Waals surface area (Å²) in [6, 6.07) is 14.1. The van der Waals surface area contributed by atoms with Crippen molar-refractivity contribution in [2.45, 2.75) is 13.1 Å². The molecule has 0 saturated carbocycles. The van der Waals surface area contributed by atoms with Crippen molar-refractivity contribution in [1.29, 1.82) is 0 Å². The van der Waals surface area contributed by atoms with E-state index in [1.54, 1.807) is 0 Å². The van der Waals surface area contributed by atoms with Crippen LogP contribution in [0.25, 0.3) is 10.9 Å². The molecular formula is C18H14BrClN2. The maximum Gasteiger partial charge on any atom is 0.0835 e. The standard InChI is InChI=1S/C18H14BrClN2/c1-2-9-22-12-13(15-5-3-4-6-18(15)22)11-21-14-7-8-16(19)17(20)10-14/h1,3-8,10,12,21H,9,11H2. The summed E-state index contributed by atoms with van der Waals surface area (Å²) in [4.78, 5) is 0. The SMILES string of the molecule is C#CCn1cc(CNc2ccc(Br)c(Cl)c2)c2ccccc21. The summed E-state index contributed by atoms with van der Waals surface area (Å²) in [6.45, 7) is 1.29. The number of nitrogens with one attached hydrogen (secondary N) is 1. The van der Waals surface area contributed by atoms with Crippen LogP contribution >= 0.6 is 27.5 Å². The Bertz CT molecular complexity index is 861. The third-order valence-electron chi connectivity index (χ3n) is 3.54. The van der Waals surface area contributed by atoms with Crippen LogP contribution in [0.4, 0.5) is 5.69 Å². The maximum atomic E-state index is 6.12. The number of rotatable bonds is 4. The topological polar surface area (TPSA) is 17.0 Å². The number of nitrogens with zero attached hydrogens (tertiary/aromatic N) is 1. The quantitative estimate of drug-likeness (QED) is 0.614. The molecule has 1 heterocycles. The summed E-state index contributed by atoms with van der Waals surface area (Å²) in [7, 11) is 0. The van der Waals surface area contributed by atoms with E-state index >= 15 is 0 Å². The Balaban J connectivity index is 1.87. The molecule has 0 aliphatic carbocycles. The van der Waals surface area contributed by atoms with Gasteiger partial charge in [-0.15, -0.1) is 6.42 Å². The molecule has 1 aromatic heterocycles. The van der Waals surface area contributed by atoms with Gasteiger partial charge in [0.2, 0.25) is 0 Å². The molecule has 2 nitrogen and oxygen atoms in total. The smallest absolute Gasteiger partial charge is 0.0835 e. The molecule has 0 atom stereocenters. The van der Waals surface area contributed by atoms with Gasteiger partial charge in [-0.25, -0.2) is 0 Å². The Labute approximate surface area is 143 Å². The number of fused-ring (bicyclic) bond motifs is 1. The van der Waals surface area contributed by atoms with E-state index < -0.39 is 0 Å². The summed E-state index contributed by atoms with van der Waals surface area (Å²) >= 11 is 9.52. The van der Waals surface area contributed by atoms with Crippen LogP contribution in [-0.4, -0.2) is 4.57 Å². The van der Waals surface area contributed by atoms with E-state index in [9.17, 15) is 0 Å². The third kappa shape index (κ3) is 2.99. The van der Waals surface area contributed by atoms with Gasteiger partial charge in [0, 0.05) is 33.8 Å². The first-order valence-electron chi connectivity index (χ1n) is 6.88. The van der Waals surface area contributed by atoms with Crippen molar-refractivity contribution in [2.75, 3.05) is 5.32 Å². The molecule has 0 spiro atoms. The van der Waals surface area contributed by atoms with Gasteiger partial charge in [0.15, 0.2) is 0 Å². The average molecular weight is 374 g/mol. The Morgan fingerprint density at radius 2 is 2.05 bits per heavy atom. The van der Waals surface area contributed by atoms with Crippen molar-refractivity contribution in [3.63, 3.8) is 0 Å². The lowest BCUT2D eigenvalue weighted by Gasteiger charge is -2.07. The highest BCUT2D eigenvalue weighted by Crippen LogP contribution is 2.27. The molecule has 3 rings (SSSR count). The van der Waals surface area contributed by atoms with E-state index in [-0.39, 0.29) is 0 Å². The largest absolute Gasteiger partial charge is 0.381 e. The van der Waals surface area contributed by atoms with Gasteiger partial charge in [0.1, 0.15) is 0 Å². The van der Waals surface area contributed by atoms with Crippen LogP contribution in [0.1, 0.15) is 5.56 Å². The van der Waals surface area contributed by atoms with Gasteiger partial charge in [-0.05, 0) is 45.8 Å². The van der Waals surface area contributed by atoms with Gasteiger partial charge < -0.3 is 9.88 Å². The lowest BCUT2D eigenvalue weighted by Crippen LogP contribution is -1.99. The van der Waals surface area contributed by atoms with Crippen LogP contribution in [0, 0.1) is 12.3 Å². The highest BCUT2D eigenvalue weighted by Gasteiger charge is 2.07. The molecule has 0 radical (unpaired) electrons. The van der Waals surface area contributed by atoms with Gasteiger partial charge in [0.25, 0.3) is 0 Å². The average Bonchev–Trinajstić information content (AvgIpc) is 2.87. The number of hydrogen-bond acceptors (Lipinski definition) is 1. The number of terminal acetylenes is 1. The molecule has 0 amide bonds. The van der Waals surface area contributed by atoms with Crippen LogP contribution in [-0.2, 0) is 13.1 Å². The van der Waals surface area contributed by atoms with Crippen molar-refractivity contribution in [3.8, 4) is 12.3 Å². The zero-order valence-electron chi connectivity index (χ0n) is 11.8. The van der Waals surface area contributed by atoms with Crippen LogP contribution in [0.5, 0.6) is 0 Å². The number of benzene rings is 2. The Morgan fingerprint density at radius 1 is 1.23 bits per heavy atom. The summed E-state index contributed by atoms with van der Waals surface area (Å²) in [5.41, 5.74) is 3.36. The van der Waals surface area contributed by atoms with E-state index in [2.05, 4.69) is 50.1 Å². The van der Waals surface area contributed by atoms with Crippen molar-refractivity contribution >= 4 is 44.1 Å². The number of halogens is 2. The molecule has 110 valence electrons. The minimum absolute atomic E-state index is 0.574. The molecule has 0 aliphatic rings. The van der Waals surface area contributed by atoms with E-state index in [1.807, 2.05) is 30.3 Å². The van der Waals surface area contributed by atoms with E-state index in [0.29, 0.717) is 11.6 Å². The van der Waals surface area contributed by atoms with Crippen LogP contribution < -0.4 is 5.32 Å². The van der Waals surface area contributed by atoms with Crippen molar-refractivity contribution < 1.29 is 0 Å². The number of para-hydroxylation sites is 1. The predicted molar refractivity (Wildman–Crippen MR) is 97.2 cm³/mol. The zero-order valence-corrected chi connectivity index (χ0v) is 14.2. The minimum atomic E-state index is 0.574. The highest BCUT2D eigenvalue weighted by molar-refractivity contribution is 9.10. The monoisotopic (exact) mass is 372 g/mol. The van der Waals surface area contributed by atoms with Gasteiger partial charge in [-0.1, -0.05) is 35.7 Å². The molecule has 0 aliphatic heterocycles. The lowest BCUT2D eigenvalue weighted by molar-refractivity contribution is 0.879. The van der Waals surface area contributed by atoms with Gasteiger partial charge in [-0.2, -0.15) is 0 Å². The molecule has 2 aromatic carbocycles. The van der Waals surface area contributed by atoms with E-state index in [4.69, 9.17) is 18.0 Å². The second kappa shape index (κ2) is 6.48. The number of aromatic nitrogens is 1. The fraction of sp³-hybridized carbons (Fsp3) is 0.111. The Hall–Kier alpha value is -1.89. The number of hydrogen-bond donors (Lipinski definition) is 1.